The first-order valence-electron chi connectivity index (χ1n) is 6.15. The van der Waals surface area contributed by atoms with Gasteiger partial charge in [-0.05, 0) is 25.2 Å². The van der Waals surface area contributed by atoms with Gasteiger partial charge < -0.3 is 15.5 Å². The average molecular weight is 253 g/mol. The maximum absolute atomic E-state index is 5.94. The quantitative estimate of drug-likeness (QED) is 0.753. The molecule has 3 aromatic rings. The van der Waals surface area contributed by atoms with Crippen LogP contribution < -0.4 is 11.1 Å². The Balaban J connectivity index is 2.09. The highest BCUT2D eigenvalue weighted by molar-refractivity contribution is 5.78. The summed E-state index contributed by atoms with van der Waals surface area (Å²) in [5.74, 6) is 1.35. The van der Waals surface area contributed by atoms with Gasteiger partial charge in [-0.1, -0.05) is 24.3 Å². The highest BCUT2D eigenvalue weighted by atomic mass is 16.3. The van der Waals surface area contributed by atoms with E-state index in [0.29, 0.717) is 5.82 Å². The van der Waals surface area contributed by atoms with E-state index in [9.17, 15) is 0 Å². The van der Waals surface area contributed by atoms with Gasteiger partial charge in [0.15, 0.2) is 0 Å². The molecule has 0 saturated carbocycles. The maximum Gasteiger partial charge on any atom is 0.134 e. The highest BCUT2D eigenvalue weighted by Crippen LogP contribution is 2.29. The molecule has 0 amide bonds. The van der Waals surface area contributed by atoms with E-state index < -0.39 is 0 Å². The second kappa shape index (κ2) is 4.74. The number of nitrogens with two attached hydrogens (primary N) is 1. The van der Waals surface area contributed by atoms with E-state index >= 15 is 0 Å². The molecule has 0 aliphatic heterocycles. The molecule has 1 unspecified atom stereocenters. The van der Waals surface area contributed by atoms with Gasteiger partial charge in [-0.3, -0.25) is 0 Å². The van der Waals surface area contributed by atoms with Gasteiger partial charge in [-0.2, -0.15) is 0 Å². The maximum atomic E-state index is 5.94. The number of aromatic nitrogens is 1. The molecule has 1 atom stereocenters. The Kier molecular flexibility index (Phi) is 2.93. The molecular weight excluding hydrogens is 238 g/mol. The number of rotatable bonds is 3. The normalized spacial score (nSPS) is 12.7. The number of pyridine rings is 1. The third-order valence-corrected chi connectivity index (χ3v) is 3.20. The molecule has 0 radical (unpaired) electrons. The molecular formula is C15H15N3O. The molecule has 96 valence electrons. The first kappa shape index (κ1) is 11.7. The van der Waals surface area contributed by atoms with Crippen molar-refractivity contribution in [3.63, 3.8) is 0 Å². The van der Waals surface area contributed by atoms with Crippen LogP contribution in [0.25, 0.3) is 11.0 Å². The van der Waals surface area contributed by atoms with E-state index in [1.54, 1.807) is 6.20 Å². The van der Waals surface area contributed by atoms with E-state index in [1.807, 2.05) is 49.5 Å². The number of fused-ring (bicyclic) bond motifs is 1. The van der Waals surface area contributed by atoms with E-state index in [0.717, 1.165) is 22.3 Å². The first-order valence-corrected chi connectivity index (χ1v) is 6.15. The summed E-state index contributed by atoms with van der Waals surface area (Å²) in [7, 11) is 1.88. The zero-order chi connectivity index (χ0) is 13.2. The monoisotopic (exact) mass is 253 g/mol. The lowest BCUT2D eigenvalue weighted by Crippen LogP contribution is -2.18. The Bertz CT molecular complexity index is 672. The van der Waals surface area contributed by atoms with Crippen molar-refractivity contribution in [2.24, 2.45) is 0 Å². The second-order valence-corrected chi connectivity index (χ2v) is 4.39. The van der Waals surface area contributed by atoms with Crippen LogP contribution in [-0.4, -0.2) is 12.0 Å². The zero-order valence-electron chi connectivity index (χ0n) is 10.6. The van der Waals surface area contributed by atoms with Crippen molar-refractivity contribution in [1.29, 1.82) is 0 Å². The Hall–Kier alpha value is -2.33. The molecule has 2 heterocycles. The van der Waals surface area contributed by atoms with E-state index in [2.05, 4.69) is 10.3 Å². The zero-order valence-corrected chi connectivity index (χ0v) is 10.6. The van der Waals surface area contributed by atoms with Gasteiger partial charge >= 0.3 is 0 Å². The number of hydrogen-bond acceptors (Lipinski definition) is 4. The van der Waals surface area contributed by atoms with Crippen molar-refractivity contribution < 1.29 is 4.42 Å². The van der Waals surface area contributed by atoms with Crippen LogP contribution in [-0.2, 0) is 0 Å². The predicted octanol–water partition coefficient (Wildman–Crippen LogP) is 2.72. The summed E-state index contributed by atoms with van der Waals surface area (Å²) in [4.78, 5) is 4.12. The van der Waals surface area contributed by atoms with Crippen LogP contribution in [0.2, 0.25) is 0 Å². The molecule has 0 aliphatic carbocycles. The standard InChI is InChI=1S/C15H15N3O/c1-17-14(11-6-4-8-18-15(11)16)13-9-10-5-2-3-7-12(10)19-13/h2-9,14,17H,1H3,(H2,16,18). The summed E-state index contributed by atoms with van der Waals surface area (Å²) in [6.07, 6.45) is 1.68. The van der Waals surface area contributed by atoms with Crippen LogP contribution in [0, 0.1) is 0 Å². The molecule has 0 spiro atoms. The van der Waals surface area contributed by atoms with Crippen LogP contribution in [0.1, 0.15) is 17.4 Å². The average Bonchev–Trinajstić information content (AvgIpc) is 2.85. The molecule has 0 aliphatic rings. The minimum Gasteiger partial charge on any atom is -0.459 e. The van der Waals surface area contributed by atoms with E-state index in [1.165, 1.54) is 0 Å². The van der Waals surface area contributed by atoms with Gasteiger partial charge in [0.25, 0.3) is 0 Å². The first-order chi connectivity index (χ1) is 9.29. The van der Waals surface area contributed by atoms with Crippen molar-refractivity contribution in [3.8, 4) is 0 Å². The molecule has 0 saturated heterocycles. The molecule has 4 heteroatoms. The fourth-order valence-electron chi connectivity index (χ4n) is 2.27. The topological polar surface area (TPSA) is 64.1 Å². The number of furan rings is 1. The Morgan fingerprint density at radius 3 is 2.79 bits per heavy atom. The summed E-state index contributed by atoms with van der Waals surface area (Å²) < 4.78 is 5.88. The van der Waals surface area contributed by atoms with Gasteiger partial charge in [-0.25, -0.2) is 4.98 Å². The fraction of sp³-hybridized carbons (Fsp3) is 0.133. The van der Waals surface area contributed by atoms with Gasteiger partial charge in [0, 0.05) is 17.1 Å². The smallest absolute Gasteiger partial charge is 0.134 e. The number of para-hydroxylation sites is 1. The van der Waals surface area contributed by atoms with Crippen LogP contribution in [0.15, 0.2) is 53.1 Å². The van der Waals surface area contributed by atoms with Crippen LogP contribution >= 0.6 is 0 Å². The minimum atomic E-state index is -0.0962. The summed E-state index contributed by atoms with van der Waals surface area (Å²) in [6, 6.07) is 13.7. The number of hydrogen-bond donors (Lipinski definition) is 2. The lowest BCUT2D eigenvalue weighted by atomic mass is 10.1. The van der Waals surface area contributed by atoms with Crippen molar-refractivity contribution >= 4 is 16.8 Å². The molecule has 0 fully saturated rings. The predicted molar refractivity (Wildman–Crippen MR) is 75.8 cm³/mol. The molecule has 4 nitrogen and oxygen atoms in total. The molecule has 19 heavy (non-hydrogen) atoms. The van der Waals surface area contributed by atoms with E-state index in [4.69, 9.17) is 10.2 Å². The summed E-state index contributed by atoms with van der Waals surface area (Å²) in [6.45, 7) is 0. The molecule has 0 bridgehead atoms. The Labute approximate surface area is 111 Å². The number of benzene rings is 1. The summed E-state index contributed by atoms with van der Waals surface area (Å²) >= 11 is 0. The Morgan fingerprint density at radius 2 is 2.05 bits per heavy atom. The van der Waals surface area contributed by atoms with Gasteiger partial charge in [0.05, 0.1) is 6.04 Å². The van der Waals surface area contributed by atoms with Crippen molar-refractivity contribution in [2.45, 2.75) is 6.04 Å². The van der Waals surface area contributed by atoms with Gasteiger partial charge in [0.2, 0.25) is 0 Å². The third kappa shape index (κ3) is 2.06. The highest BCUT2D eigenvalue weighted by Gasteiger charge is 2.19. The molecule has 3 N–H and O–H groups in total. The van der Waals surface area contributed by atoms with Crippen molar-refractivity contribution in [1.82, 2.24) is 10.3 Å². The number of nitrogen functional groups attached to an aromatic ring is 1. The van der Waals surface area contributed by atoms with Gasteiger partial charge in [0.1, 0.15) is 17.2 Å². The number of nitrogens with zero attached hydrogens (tertiary/aromatic N) is 1. The molecule has 1 aromatic carbocycles. The van der Waals surface area contributed by atoms with E-state index in [-0.39, 0.29) is 6.04 Å². The van der Waals surface area contributed by atoms with Crippen LogP contribution in [0.3, 0.4) is 0 Å². The second-order valence-electron chi connectivity index (χ2n) is 4.39. The number of anilines is 1. The SMILES string of the molecule is CNC(c1cc2ccccc2o1)c1cccnc1N. The van der Waals surface area contributed by atoms with Gasteiger partial charge in [-0.15, -0.1) is 0 Å². The lowest BCUT2D eigenvalue weighted by molar-refractivity contribution is 0.492. The third-order valence-electron chi connectivity index (χ3n) is 3.20. The summed E-state index contributed by atoms with van der Waals surface area (Å²) in [5, 5.41) is 4.31. The Morgan fingerprint density at radius 1 is 1.21 bits per heavy atom. The molecule has 2 aromatic heterocycles. The van der Waals surface area contributed by atoms with Crippen molar-refractivity contribution in [3.05, 3.63) is 60.0 Å². The van der Waals surface area contributed by atoms with Crippen LogP contribution in [0.5, 0.6) is 0 Å². The minimum absolute atomic E-state index is 0.0962. The number of nitrogens with one attached hydrogen (secondary N) is 1. The fourth-order valence-corrected chi connectivity index (χ4v) is 2.27. The van der Waals surface area contributed by atoms with Crippen molar-refractivity contribution in [2.75, 3.05) is 12.8 Å². The lowest BCUT2D eigenvalue weighted by Gasteiger charge is -2.15. The largest absolute Gasteiger partial charge is 0.459 e. The summed E-state index contributed by atoms with van der Waals surface area (Å²) in [5.41, 5.74) is 7.73. The van der Waals surface area contributed by atoms with Crippen LogP contribution in [0.4, 0.5) is 5.82 Å². The molecule has 3 rings (SSSR count).